The van der Waals surface area contributed by atoms with Crippen molar-refractivity contribution in [2.75, 3.05) is 6.54 Å². The largest absolute Gasteiger partial charge is 0.310 e. The Balaban J connectivity index is 3.05. The molecule has 3 heteroatoms. The molecule has 1 N–H and O–H groups in total. The molecule has 0 fully saturated rings. The summed E-state index contributed by atoms with van der Waals surface area (Å²) in [6.45, 7) is 7.30. The number of hydrogen-bond acceptors (Lipinski definition) is 1. The number of nitrogens with one attached hydrogen (secondary N) is 1. The molecule has 0 spiro atoms. The fourth-order valence-corrected chi connectivity index (χ4v) is 2.34. The molecule has 1 aromatic rings. The highest BCUT2D eigenvalue weighted by molar-refractivity contribution is 9.10. The maximum absolute atomic E-state index is 13.5. The van der Waals surface area contributed by atoms with Crippen LogP contribution in [0.25, 0.3) is 0 Å². The summed E-state index contributed by atoms with van der Waals surface area (Å²) in [6, 6.07) is 5.43. The Kier molecular flexibility index (Phi) is 5.42. The summed E-state index contributed by atoms with van der Waals surface area (Å²) in [5.41, 5.74) is 1.01. The van der Waals surface area contributed by atoms with E-state index in [1.54, 1.807) is 6.07 Å². The third-order valence-electron chi connectivity index (χ3n) is 2.95. The van der Waals surface area contributed by atoms with Crippen LogP contribution in [-0.4, -0.2) is 6.54 Å². The maximum atomic E-state index is 13.5. The quantitative estimate of drug-likeness (QED) is 0.852. The molecule has 0 aromatic heterocycles. The Morgan fingerprint density at radius 3 is 2.62 bits per heavy atom. The van der Waals surface area contributed by atoms with Gasteiger partial charge in [0.1, 0.15) is 5.82 Å². The Morgan fingerprint density at radius 2 is 2.06 bits per heavy atom. The lowest BCUT2D eigenvalue weighted by Crippen LogP contribution is -2.27. The van der Waals surface area contributed by atoms with Crippen molar-refractivity contribution < 1.29 is 4.39 Å². The number of rotatable bonds is 5. The van der Waals surface area contributed by atoms with Gasteiger partial charge in [-0.1, -0.05) is 39.3 Å². The van der Waals surface area contributed by atoms with Crippen LogP contribution >= 0.6 is 15.9 Å². The minimum absolute atomic E-state index is 0.191. The molecular formula is C13H19BrFN. The first-order valence-electron chi connectivity index (χ1n) is 5.79. The molecule has 0 bridgehead atoms. The van der Waals surface area contributed by atoms with E-state index in [0.29, 0.717) is 10.4 Å². The van der Waals surface area contributed by atoms with E-state index in [4.69, 9.17) is 0 Å². The SMILES string of the molecule is CCNC(c1cccc(F)c1Br)C(C)CC. The van der Waals surface area contributed by atoms with Gasteiger partial charge in [0.15, 0.2) is 0 Å². The molecule has 0 aliphatic carbocycles. The van der Waals surface area contributed by atoms with Crippen LogP contribution in [0, 0.1) is 11.7 Å². The highest BCUT2D eigenvalue weighted by Crippen LogP contribution is 2.31. The Labute approximate surface area is 106 Å². The smallest absolute Gasteiger partial charge is 0.137 e. The van der Waals surface area contributed by atoms with Crippen molar-refractivity contribution in [3.63, 3.8) is 0 Å². The molecule has 2 atom stereocenters. The molecule has 0 saturated carbocycles. The van der Waals surface area contributed by atoms with Crippen molar-refractivity contribution in [2.45, 2.75) is 33.2 Å². The Hall–Kier alpha value is -0.410. The second-order valence-corrected chi connectivity index (χ2v) is 4.86. The van der Waals surface area contributed by atoms with Gasteiger partial charge in [-0.2, -0.15) is 0 Å². The molecular weight excluding hydrogens is 269 g/mol. The van der Waals surface area contributed by atoms with E-state index in [0.717, 1.165) is 18.5 Å². The number of benzene rings is 1. The predicted octanol–water partition coefficient (Wildman–Crippen LogP) is 4.28. The van der Waals surface area contributed by atoms with Gasteiger partial charge in [0, 0.05) is 6.04 Å². The van der Waals surface area contributed by atoms with Gasteiger partial charge in [0.05, 0.1) is 4.47 Å². The molecule has 16 heavy (non-hydrogen) atoms. The first kappa shape index (κ1) is 13.7. The van der Waals surface area contributed by atoms with Gasteiger partial charge in [0.25, 0.3) is 0 Å². The Bertz CT molecular complexity index is 341. The van der Waals surface area contributed by atoms with E-state index < -0.39 is 0 Å². The first-order chi connectivity index (χ1) is 7.61. The van der Waals surface area contributed by atoms with Crippen LogP contribution in [0.5, 0.6) is 0 Å². The van der Waals surface area contributed by atoms with Crippen molar-refractivity contribution in [2.24, 2.45) is 5.92 Å². The van der Waals surface area contributed by atoms with Crippen molar-refractivity contribution >= 4 is 15.9 Å². The van der Waals surface area contributed by atoms with Gasteiger partial charge in [-0.15, -0.1) is 0 Å². The van der Waals surface area contributed by atoms with E-state index >= 15 is 0 Å². The lowest BCUT2D eigenvalue weighted by atomic mass is 9.92. The van der Waals surface area contributed by atoms with Crippen LogP contribution in [0.1, 0.15) is 38.8 Å². The Morgan fingerprint density at radius 1 is 1.38 bits per heavy atom. The molecule has 0 aliphatic heterocycles. The summed E-state index contributed by atoms with van der Waals surface area (Å²) < 4.78 is 14.1. The summed E-state index contributed by atoms with van der Waals surface area (Å²) in [5, 5.41) is 3.42. The third-order valence-corrected chi connectivity index (χ3v) is 3.79. The van der Waals surface area contributed by atoms with Crippen LogP contribution in [0.4, 0.5) is 4.39 Å². The monoisotopic (exact) mass is 287 g/mol. The molecule has 1 rings (SSSR count). The number of hydrogen-bond donors (Lipinski definition) is 1. The summed E-state index contributed by atoms with van der Waals surface area (Å²) in [4.78, 5) is 0. The molecule has 0 radical (unpaired) electrons. The minimum Gasteiger partial charge on any atom is -0.310 e. The van der Waals surface area contributed by atoms with Crippen LogP contribution in [0.2, 0.25) is 0 Å². The summed E-state index contributed by atoms with van der Waals surface area (Å²) in [7, 11) is 0. The average Bonchev–Trinajstić information content (AvgIpc) is 2.29. The molecule has 1 aromatic carbocycles. The van der Waals surface area contributed by atoms with E-state index in [2.05, 4.69) is 42.0 Å². The highest BCUT2D eigenvalue weighted by atomic mass is 79.9. The average molecular weight is 288 g/mol. The summed E-state index contributed by atoms with van der Waals surface area (Å²) >= 11 is 3.33. The van der Waals surface area contributed by atoms with Gasteiger partial charge in [-0.05, 0) is 40.0 Å². The molecule has 2 unspecified atom stereocenters. The lowest BCUT2D eigenvalue weighted by molar-refractivity contribution is 0.381. The van der Waals surface area contributed by atoms with Crippen LogP contribution in [0.3, 0.4) is 0 Å². The van der Waals surface area contributed by atoms with E-state index in [1.165, 1.54) is 6.07 Å². The molecule has 0 aliphatic rings. The van der Waals surface area contributed by atoms with Crippen LogP contribution in [0.15, 0.2) is 22.7 Å². The molecule has 0 heterocycles. The zero-order chi connectivity index (χ0) is 12.1. The fourth-order valence-electron chi connectivity index (χ4n) is 1.83. The fraction of sp³-hybridized carbons (Fsp3) is 0.538. The second-order valence-electron chi connectivity index (χ2n) is 4.06. The van der Waals surface area contributed by atoms with Crippen molar-refractivity contribution in [3.05, 3.63) is 34.1 Å². The third kappa shape index (κ3) is 3.05. The van der Waals surface area contributed by atoms with Crippen molar-refractivity contribution in [1.82, 2.24) is 5.32 Å². The first-order valence-corrected chi connectivity index (χ1v) is 6.58. The van der Waals surface area contributed by atoms with Gasteiger partial charge in [-0.3, -0.25) is 0 Å². The highest BCUT2D eigenvalue weighted by Gasteiger charge is 2.20. The summed E-state index contributed by atoms with van der Waals surface area (Å²) in [5.74, 6) is 0.293. The second kappa shape index (κ2) is 6.36. The molecule has 0 amide bonds. The minimum atomic E-state index is -0.191. The normalized spacial score (nSPS) is 14.8. The zero-order valence-electron chi connectivity index (χ0n) is 10.1. The van der Waals surface area contributed by atoms with Gasteiger partial charge >= 0.3 is 0 Å². The molecule has 0 saturated heterocycles. The van der Waals surface area contributed by atoms with Gasteiger partial charge in [-0.25, -0.2) is 4.39 Å². The van der Waals surface area contributed by atoms with Crippen LogP contribution < -0.4 is 5.32 Å². The molecule has 1 nitrogen and oxygen atoms in total. The van der Waals surface area contributed by atoms with E-state index in [9.17, 15) is 4.39 Å². The lowest BCUT2D eigenvalue weighted by Gasteiger charge is -2.25. The predicted molar refractivity (Wildman–Crippen MR) is 70.0 cm³/mol. The van der Waals surface area contributed by atoms with Gasteiger partial charge < -0.3 is 5.32 Å². The maximum Gasteiger partial charge on any atom is 0.137 e. The topological polar surface area (TPSA) is 12.0 Å². The van der Waals surface area contributed by atoms with Crippen molar-refractivity contribution in [1.29, 1.82) is 0 Å². The van der Waals surface area contributed by atoms with Gasteiger partial charge in [0.2, 0.25) is 0 Å². The van der Waals surface area contributed by atoms with E-state index in [-0.39, 0.29) is 11.9 Å². The molecule has 90 valence electrons. The van der Waals surface area contributed by atoms with E-state index in [1.807, 2.05) is 6.07 Å². The zero-order valence-corrected chi connectivity index (χ0v) is 11.6. The summed E-state index contributed by atoms with van der Waals surface area (Å²) in [6.07, 6.45) is 1.07. The van der Waals surface area contributed by atoms with Crippen LogP contribution in [-0.2, 0) is 0 Å². The standard InChI is InChI=1S/C13H19BrFN/c1-4-9(3)13(16-5-2)10-7-6-8-11(15)12(10)14/h6-9,13,16H,4-5H2,1-3H3. The van der Waals surface area contributed by atoms with Crippen molar-refractivity contribution in [3.8, 4) is 0 Å². The number of halogens is 2.